The number of carbonyl (C=O) groups is 1. The van der Waals surface area contributed by atoms with Crippen LogP contribution >= 0.6 is 0 Å². The molecular formula is C10H16N4O2. The summed E-state index contributed by atoms with van der Waals surface area (Å²) >= 11 is 0. The van der Waals surface area contributed by atoms with Gasteiger partial charge in [0, 0.05) is 19.8 Å². The Kier molecular flexibility index (Phi) is 3.51. The fraction of sp³-hybridized carbons (Fsp3) is 0.700. The normalized spacial score (nSPS) is 17.3. The second-order valence-corrected chi connectivity index (χ2v) is 4.01. The number of hydrogen-bond acceptors (Lipinski definition) is 4. The van der Waals surface area contributed by atoms with Crippen molar-refractivity contribution in [3.05, 3.63) is 11.6 Å². The van der Waals surface area contributed by atoms with E-state index in [0.717, 1.165) is 26.1 Å². The fourth-order valence-corrected chi connectivity index (χ4v) is 1.71. The van der Waals surface area contributed by atoms with Crippen LogP contribution in [0.4, 0.5) is 0 Å². The zero-order valence-electron chi connectivity index (χ0n) is 9.32. The lowest BCUT2D eigenvalue weighted by Crippen LogP contribution is -2.32. The molecule has 6 heteroatoms. The summed E-state index contributed by atoms with van der Waals surface area (Å²) in [4.78, 5) is 15.6. The summed E-state index contributed by atoms with van der Waals surface area (Å²) in [6.45, 7) is 4.03. The number of hydrogen-bond donors (Lipinski definition) is 2. The van der Waals surface area contributed by atoms with Crippen molar-refractivity contribution in [2.75, 3.05) is 19.8 Å². The number of aromatic nitrogens is 3. The Hall–Kier alpha value is -1.43. The Balaban J connectivity index is 1.79. The molecule has 0 atom stereocenters. The number of ether oxygens (including phenoxy) is 1. The third-order valence-electron chi connectivity index (χ3n) is 2.69. The fourth-order valence-electron chi connectivity index (χ4n) is 1.71. The van der Waals surface area contributed by atoms with Gasteiger partial charge in [-0.05, 0) is 25.7 Å². The number of H-pyrrole nitrogens is 1. The molecule has 2 N–H and O–H groups in total. The summed E-state index contributed by atoms with van der Waals surface area (Å²) < 4.78 is 5.25. The largest absolute Gasteiger partial charge is 0.381 e. The topological polar surface area (TPSA) is 79.9 Å². The Labute approximate surface area is 93.8 Å². The van der Waals surface area contributed by atoms with E-state index in [1.807, 2.05) is 0 Å². The average molecular weight is 224 g/mol. The molecule has 1 aliphatic heterocycles. The van der Waals surface area contributed by atoms with Crippen molar-refractivity contribution in [1.29, 1.82) is 0 Å². The molecule has 1 saturated heterocycles. The van der Waals surface area contributed by atoms with E-state index in [9.17, 15) is 4.79 Å². The molecule has 1 aliphatic rings. The van der Waals surface area contributed by atoms with Gasteiger partial charge in [0.2, 0.25) is 5.82 Å². The van der Waals surface area contributed by atoms with Crippen LogP contribution in [0.15, 0.2) is 0 Å². The van der Waals surface area contributed by atoms with E-state index in [-0.39, 0.29) is 11.7 Å². The van der Waals surface area contributed by atoms with Gasteiger partial charge in [-0.1, -0.05) is 0 Å². The molecule has 1 aromatic rings. The summed E-state index contributed by atoms with van der Waals surface area (Å²) in [5.74, 6) is 1.16. The van der Waals surface area contributed by atoms with Gasteiger partial charge in [0.05, 0.1) is 0 Å². The molecule has 16 heavy (non-hydrogen) atoms. The van der Waals surface area contributed by atoms with Crippen molar-refractivity contribution in [3.8, 4) is 0 Å². The highest BCUT2D eigenvalue weighted by Crippen LogP contribution is 2.13. The maximum absolute atomic E-state index is 11.6. The molecule has 1 fully saturated rings. The number of aryl methyl sites for hydroxylation is 1. The highest BCUT2D eigenvalue weighted by atomic mass is 16.5. The van der Waals surface area contributed by atoms with Gasteiger partial charge in [0.1, 0.15) is 5.82 Å². The van der Waals surface area contributed by atoms with E-state index in [2.05, 4.69) is 20.5 Å². The monoisotopic (exact) mass is 224 g/mol. The van der Waals surface area contributed by atoms with E-state index in [4.69, 9.17) is 4.74 Å². The van der Waals surface area contributed by atoms with Crippen molar-refractivity contribution in [2.45, 2.75) is 19.8 Å². The van der Waals surface area contributed by atoms with Crippen molar-refractivity contribution in [1.82, 2.24) is 20.5 Å². The molecule has 88 valence electrons. The van der Waals surface area contributed by atoms with Gasteiger partial charge in [-0.25, -0.2) is 4.98 Å². The van der Waals surface area contributed by atoms with Gasteiger partial charge in [0.15, 0.2) is 0 Å². The maximum atomic E-state index is 11.6. The van der Waals surface area contributed by atoms with E-state index in [0.29, 0.717) is 18.3 Å². The first-order valence-corrected chi connectivity index (χ1v) is 5.50. The van der Waals surface area contributed by atoms with Crippen LogP contribution in [0.2, 0.25) is 0 Å². The van der Waals surface area contributed by atoms with Gasteiger partial charge >= 0.3 is 0 Å². The average Bonchev–Trinajstić information content (AvgIpc) is 2.74. The number of carbonyl (C=O) groups excluding carboxylic acids is 1. The van der Waals surface area contributed by atoms with E-state index in [1.54, 1.807) is 6.92 Å². The van der Waals surface area contributed by atoms with Gasteiger partial charge in [-0.2, -0.15) is 0 Å². The lowest BCUT2D eigenvalue weighted by Gasteiger charge is -2.21. The van der Waals surface area contributed by atoms with E-state index < -0.39 is 0 Å². The summed E-state index contributed by atoms with van der Waals surface area (Å²) in [6, 6.07) is 0. The standard InChI is InChI=1S/C10H16N4O2/c1-7-12-9(14-13-7)10(15)11-6-8-2-4-16-5-3-8/h8H,2-6H2,1H3,(H,11,15)(H,12,13,14). The van der Waals surface area contributed by atoms with Crippen LogP contribution < -0.4 is 5.32 Å². The molecule has 2 heterocycles. The lowest BCUT2D eigenvalue weighted by molar-refractivity contribution is 0.0641. The highest BCUT2D eigenvalue weighted by Gasteiger charge is 2.16. The van der Waals surface area contributed by atoms with Gasteiger partial charge in [-0.15, -0.1) is 5.10 Å². The van der Waals surface area contributed by atoms with Crippen molar-refractivity contribution < 1.29 is 9.53 Å². The van der Waals surface area contributed by atoms with E-state index >= 15 is 0 Å². The summed E-state index contributed by atoms with van der Waals surface area (Å²) in [5.41, 5.74) is 0. The first kappa shape index (κ1) is 11.1. The molecule has 0 spiro atoms. The summed E-state index contributed by atoms with van der Waals surface area (Å²) in [6.07, 6.45) is 2.01. The third-order valence-corrected chi connectivity index (χ3v) is 2.69. The summed E-state index contributed by atoms with van der Waals surface area (Å²) in [7, 11) is 0. The number of amides is 1. The van der Waals surface area contributed by atoms with Crippen LogP contribution in [0.25, 0.3) is 0 Å². The smallest absolute Gasteiger partial charge is 0.290 e. The SMILES string of the molecule is Cc1nc(C(=O)NCC2CCOCC2)n[nH]1. The molecule has 1 amide bonds. The molecule has 6 nitrogen and oxygen atoms in total. The Morgan fingerprint density at radius 2 is 2.31 bits per heavy atom. The van der Waals surface area contributed by atoms with Crippen molar-refractivity contribution in [3.63, 3.8) is 0 Å². The van der Waals surface area contributed by atoms with Gasteiger partial charge in [-0.3, -0.25) is 9.89 Å². The molecule has 0 radical (unpaired) electrons. The molecule has 0 saturated carbocycles. The zero-order valence-corrected chi connectivity index (χ0v) is 9.32. The predicted octanol–water partition coefficient (Wildman–Crippen LogP) is 0.270. The molecule has 0 aliphatic carbocycles. The molecule has 0 unspecified atom stereocenters. The minimum absolute atomic E-state index is 0.212. The van der Waals surface area contributed by atoms with Crippen LogP contribution in [0.3, 0.4) is 0 Å². The molecule has 1 aromatic heterocycles. The van der Waals surface area contributed by atoms with Crippen LogP contribution in [-0.4, -0.2) is 40.8 Å². The minimum atomic E-state index is -0.212. The van der Waals surface area contributed by atoms with Crippen LogP contribution in [0, 0.1) is 12.8 Å². The Morgan fingerprint density at radius 1 is 1.56 bits per heavy atom. The maximum Gasteiger partial charge on any atom is 0.290 e. The van der Waals surface area contributed by atoms with E-state index in [1.165, 1.54) is 0 Å². The number of nitrogens with one attached hydrogen (secondary N) is 2. The quantitative estimate of drug-likeness (QED) is 0.772. The molecule has 2 rings (SSSR count). The van der Waals surface area contributed by atoms with Crippen LogP contribution in [0.5, 0.6) is 0 Å². The molecule has 0 bridgehead atoms. The first-order chi connectivity index (χ1) is 7.75. The zero-order chi connectivity index (χ0) is 11.4. The first-order valence-electron chi connectivity index (χ1n) is 5.50. The lowest BCUT2D eigenvalue weighted by atomic mass is 10.0. The third kappa shape index (κ3) is 2.79. The molecule has 0 aromatic carbocycles. The minimum Gasteiger partial charge on any atom is -0.381 e. The summed E-state index contributed by atoms with van der Waals surface area (Å²) in [5, 5.41) is 9.29. The second kappa shape index (κ2) is 5.07. The Morgan fingerprint density at radius 3 is 2.94 bits per heavy atom. The van der Waals surface area contributed by atoms with Gasteiger partial charge in [0.25, 0.3) is 5.91 Å². The number of nitrogens with zero attached hydrogens (tertiary/aromatic N) is 2. The Bertz CT molecular complexity index is 357. The van der Waals surface area contributed by atoms with Crippen molar-refractivity contribution in [2.24, 2.45) is 5.92 Å². The van der Waals surface area contributed by atoms with Gasteiger partial charge < -0.3 is 10.1 Å². The van der Waals surface area contributed by atoms with Crippen LogP contribution in [-0.2, 0) is 4.74 Å². The predicted molar refractivity (Wildman–Crippen MR) is 57.0 cm³/mol. The molecular weight excluding hydrogens is 208 g/mol. The second-order valence-electron chi connectivity index (χ2n) is 4.01. The number of rotatable bonds is 3. The van der Waals surface area contributed by atoms with Crippen LogP contribution in [0.1, 0.15) is 29.3 Å². The van der Waals surface area contributed by atoms with Crippen molar-refractivity contribution >= 4 is 5.91 Å². The number of aromatic amines is 1. The highest BCUT2D eigenvalue weighted by molar-refractivity contribution is 5.90.